The van der Waals surface area contributed by atoms with E-state index in [9.17, 15) is 4.79 Å². The highest BCUT2D eigenvalue weighted by molar-refractivity contribution is 5.89. The SMILES string of the molecule is COC(=O)c1cccc2cnc(-c3ccc(C)cc3)n12. The topological polar surface area (TPSA) is 43.6 Å². The van der Waals surface area contributed by atoms with Gasteiger partial charge in [0, 0.05) is 5.56 Å². The Morgan fingerprint density at radius 2 is 1.90 bits per heavy atom. The normalized spacial score (nSPS) is 10.7. The molecule has 0 aliphatic heterocycles. The van der Waals surface area contributed by atoms with Crippen molar-refractivity contribution in [3.63, 3.8) is 0 Å². The standard InChI is InChI=1S/C16H14N2O2/c1-11-6-8-12(9-7-11)15-17-10-13-4-3-5-14(18(13)15)16(19)20-2/h3-10H,1-2H3. The van der Waals surface area contributed by atoms with Gasteiger partial charge < -0.3 is 4.74 Å². The number of fused-ring (bicyclic) bond motifs is 1. The van der Waals surface area contributed by atoms with Crippen LogP contribution in [0.2, 0.25) is 0 Å². The molecule has 1 aromatic carbocycles. The number of carbonyl (C=O) groups is 1. The number of pyridine rings is 1. The second-order valence-corrected chi connectivity index (χ2v) is 4.61. The molecule has 2 aromatic heterocycles. The highest BCUT2D eigenvalue weighted by atomic mass is 16.5. The highest BCUT2D eigenvalue weighted by Gasteiger charge is 2.14. The molecule has 0 amide bonds. The molecule has 3 aromatic rings. The molecule has 0 saturated heterocycles. The Bertz CT molecular complexity index is 773. The summed E-state index contributed by atoms with van der Waals surface area (Å²) < 4.78 is 6.65. The second kappa shape index (κ2) is 4.81. The Morgan fingerprint density at radius 3 is 2.60 bits per heavy atom. The van der Waals surface area contributed by atoms with Gasteiger partial charge in [0.15, 0.2) is 0 Å². The minimum atomic E-state index is -0.373. The first kappa shape index (κ1) is 12.4. The molecule has 0 aliphatic carbocycles. The zero-order chi connectivity index (χ0) is 14.1. The van der Waals surface area contributed by atoms with Crippen LogP contribution in [-0.2, 0) is 4.74 Å². The van der Waals surface area contributed by atoms with E-state index in [-0.39, 0.29) is 5.97 Å². The molecule has 0 aliphatic rings. The number of esters is 1. The summed E-state index contributed by atoms with van der Waals surface area (Å²) in [6.45, 7) is 2.04. The highest BCUT2D eigenvalue weighted by Crippen LogP contribution is 2.22. The Morgan fingerprint density at radius 1 is 1.15 bits per heavy atom. The van der Waals surface area contributed by atoms with Crippen LogP contribution in [-0.4, -0.2) is 22.5 Å². The summed E-state index contributed by atoms with van der Waals surface area (Å²) in [5.74, 6) is 0.364. The van der Waals surface area contributed by atoms with E-state index in [2.05, 4.69) is 4.98 Å². The minimum absolute atomic E-state index is 0.373. The van der Waals surface area contributed by atoms with Crippen molar-refractivity contribution in [1.29, 1.82) is 0 Å². The van der Waals surface area contributed by atoms with Crippen molar-refractivity contribution >= 4 is 11.5 Å². The lowest BCUT2D eigenvalue weighted by Gasteiger charge is -2.07. The Kier molecular flexibility index (Phi) is 2.99. The van der Waals surface area contributed by atoms with Gasteiger partial charge in [0.2, 0.25) is 0 Å². The molecule has 4 heteroatoms. The summed E-state index contributed by atoms with van der Waals surface area (Å²) in [5, 5.41) is 0. The Balaban J connectivity index is 2.26. The van der Waals surface area contributed by atoms with Crippen molar-refractivity contribution in [2.24, 2.45) is 0 Å². The number of methoxy groups -OCH3 is 1. The minimum Gasteiger partial charge on any atom is -0.464 e. The molecular weight excluding hydrogens is 252 g/mol. The summed E-state index contributed by atoms with van der Waals surface area (Å²) in [6, 6.07) is 13.5. The zero-order valence-corrected chi connectivity index (χ0v) is 11.3. The van der Waals surface area contributed by atoms with Crippen molar-refractivity contribution in [1.82, 2.24) is 9.38 Å². The average molecular weight is 266 g/mol. The van der Waals surface area contributed by atoms with Crippen LogP contribution >= 0.6 is 0 Å². The Hall–Kier alpha value is -2.62. The van der Waals surface area contributed by atoms with Gasteiger partial charge in [-0.05, 0) is 19.1 Å². The van der Waals surface area contributed by atoms with Crippen molar-refractivity contribution in [2.75, 3.05) is 7.11 Å². The molecule has 2 heterocycles. The van der Waals surface area contributed by atoms with Crippen LogP contribution in [0.15, 0.2) is 48.7 Å². The molecule has 0 radical (unpaired) electrons. The third kappa shape index (κ3) is 1.95. The predicted octanol–water partition coefficient (Wildman–Crippen LogP) is 3.10. The number of imidazole rings is 1. The van der Waals surface area contributed by atoms with Crippen LogP contribution in [0.1, 0.15) is 16.1 Å². The summed E-state index contributed by atoms with van der Waals surface area (Å²) >= 11 is 0. The van der Waals surface area contributed by atoms with E-state index >= 15 is 0 Å². The van der Waals surface area contributed by atoms with Gasteiger partial charge in [0.1, 0.15) is 11.5 Å². The van der Waals surface area contributed by atoms with E-state index in [4.69, 9.17) is 4.74 Å². The van der Waals surface area contributed by atoms with E-state index < -0.39 is 0 Å². The maximum Gasteiger partial charge on any atom is 0.355 e. The van der Waals surface area contributed by atoms with E-state index in [0.717, 1.165) is 16.9 Å². The first-order chi connectivity index (χ1) is 9.70. The number of hydrogen-bond acceptors (Lipinski definition) is 3. The monoisotopic (exact) mass is 266 g/mol. The third-order valence-corrected chi connectivity index (χ3v) is 3.26. The molecule has 0 atom stereocenters. The van der Waals surface area contributed by atoms with Crippen LogP contribution in [0.4, 0.5) is 0 Å². The largest absolute Gasteiger partial charge is 0.464 e. The lowest BCUT2D eigenvalue weighted by atomic mass is 10.1. The predicted molar refractivity (Wildman–Crippen MR) is 76.7 cm³/mol. The number of benzene rings is 1. The molecule has 3 rings (SSSR count). The van der Waals surface area contributed by atoms with Gasteiger partial charge in [-0.25, -0.2) is 9.78 Å². The third-order valence-electron chi connectivity index (χ3n) is 3.26. The van der Waals surface area contributed by atoms with Gasteiger partial charge in [-0.3, -0.25) is 4.40 Å². The molecule has 0 unspecified atom stereocenters. The van der Waals surface area contributed by atoms with Gasteiger partial charge in [0.25, 0.3) is 0 Å². The number of ether oxygens (including phenoxy) is 1. The maximum absolute atomic E-state index is 11.9. The van der Waals surface area contributed by atoms with Gasteiger partial charge in [-0.1, -0.05) is 35.9 Å². The van der Waals surface area contributed by atoms with Crippen LogP contribution in [0, 0.1) is 6.92 Å². The summed E-state index contributed by atoms with van der Waals surface area (Å²) in [6.07, 6.45) is 1.75. The number of hydrogen-bond donors (Lipinski definition) is 0. The van der Waals surface area contributed by atoms with Gasteiger partial charge in [0.05, 0.1) is 18.8 Å². The van der Waals surface area contributed by atoms with Crippen molar-refractivity contribution in [2.45, 2.75) is 6.92 Å². The zero-order valence-electron chi connectivity index (χ0n) is 11.3. The maximum atomic E-state index is 11.9. The molecule has 20 heavy (non-hydrogen) atoms. The van der Waals surface area contributed by atoms with Crippen LogP contribution in [0.25, 0.3) is 16.9 Å². The van der Waals surface area contributed by atoms with Crippen molar-refractivity contribution in [3.8, 4) is 11.4 Å². The van der Waals surface area contributed by atoms with Gasteiger partial charge in [-0.2, -0.15) is 0 Å². The summed E-state index contributed by atoms with van der Waals surface area (Å²) in [7, 11) is 1.38. The summed E-state index contributed by atoms with van der Waals surface area (Å²) in [5.41, 5.74) is 3.48. The fourth-order valence-corrected chi connectivity index (χ4v) is 2.22. The average Bonchev–Trinajstić information content (AvgIpc) is 2.91. The number of aromatic nitrogens is 2. The molecule has 0 spiro atoms. The number of carbonyl (C=O) groups excluding carboxylic acids is 1. The van der Waals surface area contributed by atoms with Crippen molar-refractivity contribution < 1.29 is 9.53 Å². The van der Waals surface area contributed by atoms with Crippen LogP contribution in [0.5, 0.6) is 0 Å². The first-order valence-electron chi connectivity index (χ1n) is 6.32. The van der Waals surface area contributed by atoms with Gasteiger partial charge in [-0.15, -0.1) is 0 Å². The fraction of sp³-hybridized carbons (Fsp3) is 0.125. The van der Waals surface area contributed by atoms with E-state index in [1.54, 1.807) is 12.3 Å². The molecule has 0 bridgehead atoms. The van der Waals surface area contributed by atoms with E-state index in [1.165, 1.54) is 12.7 Å². The molecule has 100 valence electrons. The van der Waals surface area contributed by atoms with Crippen LogP contribution < -0.4 is 0 Å². The van der Waals surface area contributed by atoms with Gasteiger partial charge >= 0.3 is 5.97 Å². The molecule has 0 N–H and O–H groups in total. The number of nitrogens with zero attached hydrogens (tertiary/aromatic N) is 2. The number of aryl methyl sites for hydroxylation is 1. The number of rotatable bonds is 2. The fourth-order valence-electron chi connectivity index (χ4n) is 2.22. The quantitative estimate of drug-likeness (QED) is 0.669. The summed E-state index contributed by atoms with van der Waals surface area (Å²) in [4.78, 5) is 16.3. The lowest BCUT2D eigenvalue weighted by Crippen LogP contribution is -2.08. The van der Waals surface area contributed by atoms with Crippen LogP contribution in [0.3, 0.4) is 0 Å². The van der Waals surface area contributed by atoms with Crippen molar-refractivity contribution in [3.05, 3.63) is 59.9 Å². The van der Waals surface area contributed by atoms with E-state index in [1.807, 2.05) is 47.7 Å². The molecule has 4 nitrogen and oxygen atoms in total. The molecule has 0 saturated carbocycles. The second-order valence-electron chi connectivity index (χ2n) is 4.61. The lowest BCUT2D eigenvalue weighted by molar-refractivity contribution is 0.0592. The molecular formula is C16H14N2O2. The molecule has 0 fully saturated rings. The smallest absolute Gasteiger partial charge is 0.355 e. The first-order valence-corrected chi connectivity index (χ1v) is 6.32. The van der Waals surface area contributed by atoms with E-state index in [0.29, 0.717) is 5.69 Å². The Labute approximate surface area is 116 Å².